The van der Waals surface area contributed by atoms with E-state index in [0.29, 0.717) is 0 Å². The fraction of sp³-hybridized carbons (Fsp3) is 0.300. The molecular formula is C10H12N4. The molecule has 0 amide bonds. The summed E-state index contributed by atoms with van der Waals surface area (Å²) in [5.74, 6) is 0. The molecule has 1 aromatic carbocycles. The molecule has 0 aliphatic carbocycles. The molecule has 2 rings (SSSR count). The van der Waals surface area contributed by atoms with Crippen molar-refractivity contribution >= 4 is 0 Å². The zero-order valence-corrected chi connectivity index (χ0v) is 8.25. The van der Waals surface area contributed by atoms with Crippen LogP contribution in [0, 0.1) is 6.92 Å². The Morgan fingerprint density at radius 3 is 2.71 bits per heavy atom. The summed E-state index contributed by atoms with van der Waals surface area (Å²) in [6.07, 6.45) is 1.45. The average molecular weight is 188 g/mol. The van der Waals surface area contributed by atoms with E-state index in [2.05, 4.69) is 41.4 Å². The van der Waals surface area contributed by atoms with E-state index in [9.17, 15) is 0 Å². The molecule has 1 heterocycles. The number of benzene rings is 1. The summed E-state index contributed by atoms with van der Waals surface area (Å²) in [4.78, 5) is 1.61. The van der Waals surface area contributed by atoms with Crippen LogP contribution in [0.25, 0.3) is 0 Å². The van der Waals surface area contributed by atoms with Crippen LogP contribution < -0.4 is 0 Å². The molecule has 0 N–H and O–H groups in total. The molecule has 1 aromatic heterocycles. The van der Waals surface area contributed by atoms with Crippen LogP contribution in [0.2, 0.25) is 0 Å². The first-order valence-electron chi connectivity index (χ1n) is 4.57. The van der Waals surface area contributed by atoms with E-state index in [1.807, 2.05) is 12.1 Å². The standard InChI is InChI=1S/C10H12N4/c1-8-5-3-4-6-10(8)9(2)14-12-7-11-13-14/h3-7,9H,1-2H3. The number of hydrogen-bond acceptors (Lipinski definition) is 3. The molecule has 0 fully saturated rings. The van der Waals surface area contributed by atoms with Gasteiger partial charge in [0.2, 0.25) is 0 Å². The number of aromatic nitrogens is 4. The Bertz CT molecular complexity index is 408. The third-order valence-electron chi connectivity index (χ3n) is 2.35. The third-order valence-corrected chi connectivity index (χ3v) is 2.35. The summed E-state index contributed by atoms with van der Waals surface area (Å²) in [7, 11) is 0. The first kappa shape index (κ1) is 8.87. The molecule has 0 aliphatic rings. The summed E-state index contributed by atoms with van der Waals surface area (Å²) in [5, 5.41) is 11.6. The third kappa shape index (κ3) is 1.51. The lowest BCUT2D eigenvalue weighted by molar-refractivity contribution is 0.479. The Morgan fingerprint density at radius 2 is 2.07 bits per heavy atom. The molecule has 4 nitrogen and oxygen atoms in total. The largest absolute Gasteiger partial charge is 0.162 e. The lowest BCUT2D eigenvalue weighted by Gasteiger charge is -2.12. The molecule has 0 radical (unpaired) electrons. The minimum atomic E-state index is 0.138. The zero-order valence-electron chi connectivity index (χ0n) is 8.25. The van der Waals surface area contributed by atoms with Crippen molar-refractivity contribution in [2.45, 2.75) is 19.9 Å². The molecule has 14 heavy (non-hydrogen) atoms. The second-order valence-corrected chi connectivity index (χ2v) is 3.29. The van der Waals surface area contributed by atoms with Crippen molar-refractivity contribution in [1.82, 2.24) is 20.2 Å². The summed E-state index contributed by atoms with van der Waals surface area (Å²) in [6.45, 7) is 4.15. The molecule has 0 spiro atoms. The molecule has 2 aromatic rings. The molecule has 0 bridgehead atoms. The van der Waals surface area contributed by atoms with Crippen molar-refractivity contribution in [3.63, 3.8) is 0 Å². The minimum absolute atomic E-state index is 0.138. The summed E-state index contributed by atoms with van der Waals surface area (Å²) >= 11 is 0. The molecular weight excluding hydrogens is 176 g/mol. The monoisotopic (exact) mass is 188 g/mol. The molecule has 1 unspecified atom stereocenters. The summed E-state index contributed by atoms with van der Waals surface area (Å²) in [5.41, 5.74) is 2.47. The van der Waals surface area contributed by atoms with Crippen LogP contribution >= 0.6 is 0 Å². The van der Waals surface area contributed by atoms with Gasteiger partial charge in [0.05, 0.1) is 6.04 Å². The Morgan fingerprint density at radius 1 is 1.29 bits per heavy atom. The normalized spacial score (nSPS) is 12.7. The van der Waals surface area contributed by atoms with Gasteiger partial charge in [-0.3, -0.25) is 0 Å². The molecule has 4 heteroatoms. The number of rotatable bonds is 2. The molecule has 0 aliphatic heterocycles. The molecule has 0 saturated carbocycles. The van der Waals surface area contributed by atoms with Crippen molar-refractivity contribution in [2.75, 3.05) is 0 Å². The van der Waals surface area contributed by atoms with E-state index in [0.717, 1.165) is 0 Å². The maximum absolute atomic E-state index is 4.03. The first-order valence-corrected chi connectivity index (χ1v) is 4.57. The van der Waals surface area contributed by atoms with Gasteiger partial charge < -0.3 is 0 Å². The fourth-order valence-electron chi connectivity index (χ4n) is 1.53. The second-order valence-electron chi connectivity index (χ2n) is 3.29. The quantitative estimate of drug-likeness (QED) is 0.718. The second kappa shape index (κ2) is 3.57. The highest BCUT2D eigenvalue weighted by Gasteiger charge is 2.10. The van der Waals surface area contributed by atoms with E-state index in [-0.39, 0.29) is 6.04 Å². The van der Waals surface area contributed by atoms with Crippen LogP contribution in [0.3, 0.4) is 0 Å². The number of tetrazole rings is 1. The Balaban J connectivity index is 2.37. The van der Waals surface area contributed by atoms with Gasteiger partial charge in [-0.05, 0) is 30.2 Å². The molecule has 1 atom stereocenters. The van der Waals surface area contributed by atoms with Crippen LogP contribution in [0.5, 0.6) is 0 Å². The lowest BCUT2D eigenvalue weighted by atomic mass is 10.0. The summed E-state index contributed by atoms with van der Waals surface area (Å²) in [6, 6.07) is 8.36. The van der Waals surface area contributed by atoms with Crippen LogP contribution in [0.15, 0.2) is 30.6 Å². The fourth-order valence-corrected chi connectivity index (χ4v) is 1.53. The Hall–Kier alpha value is -1.71. The van der Waals surface area contributed by atoms with E-state index in [4.69, 9.17) is 0 Å². The maximum Gasteiger partial charge on any atom is 0.162 e. The van der Waals surface area contributed by atoms with Crippen molar-refractivity contribution in [3.8, 4) is 0 Å². The van der Waals surface area contributed by atoms with Gasteiger partial charge in [-0.15, -0.1) is 10.2 Å². The van der Waals surface area contributed by atoms with Crippen LogP contribution in [0.4, 0.5) is 0 Å². The van der Waals surface area contributed by atoms with Crippen LogP contribution in [-0.4, -0.2) is 20.2 Å². The van der Waals surface area contributed by atoms with E-state index in [1.165, 1.54) is 17.5 Å². The van der Waals surface area contributed by atoms with Crippen LogP contribution in [-0.2, 0) is 0 Å². The SMILES string of the molecule is Cc1ccccc1C(C)n1ncnn1. The van der Waals surface area contributed by atoms with E-state index < -0.39 is 0 Å². The molecule has 0 saturated heterocycles. The van der Waals surface area contributed by atoms with Crippen molar-refractivity contribution < 1.29 is 0 Å². The van der Waals surface area contributed by atoms with E-state index >= 15 is 0 Å². The topological polar surface area (TPSA) is 43.6 Å². The zero-order chi connectivity index (χ0) is 9.97. The maximum atomic E-state index is 4.03. The highest BCUT2D eigenvalue weighted by molar-refractivity contribution is 5.28. The summed E-state index contributed by atoms with van der Waals surface area (Å²) < 4.78 is 0. The van der Waals surface area contributed by atoms with Gasteiger partial charge >= 0.3 is 0 Å². The van der Waals surface area contributed by atoms with Gasteiger partial charge in [0.1, 0.15) is 0 Å². The van der Waals surface area contributed by atoms with Crippen LogP contribution in [0.1, 0.15) is 24.1 Å². The Kier molecular flexibility index (Phi) is 2.26. The van der Waals surface area contributed by atoms with Crippen molar-refractivity contribution in [2.24, 2.45) is 0 Å². The highest BCUT2D eigenvalue weighted by atomic mass is 15.6. The number of hydrogen-bond donors (Lipinski definition) is 0. The van der Waals surface area contributed by atoms with Crippen molar-refractivity contribution in [1.29, 1.82) is 0 Å². The predicted octanol–water partition coefficient (Wildman–Crippen LogP) is 1.59. The number of aryl methyl sites for hydroxylation is 1. The number of nitrogens with zero attached hydrogens (tertiary/aromatic N) is 4. The molecule has 72 valence electrons. The van der Waals surface area contributed by atoms with Gasteiger partial charge in [0, 0.05) is 0 Å². The van der Waals surface area contributed by atoms with E-state index in [1.54, 1.807) is 4.80 Å². The van der Waals surface area contributed by atoms with Gasteiger partial charge in [-0.2, -0.15) is 4.80 Å². The smallest absolute Gasteiger partial charge is 0.157 e. The van der Waals surface area contributed by atoms with Gasteiger partial charge in [0.25, 0.3) is 0 Å². The van der Waals surface area contributed by atoms with Gasteiger partial charge in [-0.1, -0.05) is 24.3 Å². The highest BCUT2D eigenvalue weighted by Crippen LogP contribution is 2.18. The van der Waals surface area contributed by atoms with Crippen molar-refractivity contribution in [3.05, 3.63) is 41.7 Å². The minimum Gasteiger partial charge on any atom is -0.157 e. The van der Waals surface area contributed by atoms with Gasteiger partial charge in [-0.25, -0.2) is 0 Å². The predicted molar refractivity (Wildman–Crippen MR) is 52.8 cm³/mol. The Labute approximate surface area is 82.6 Å². The van der Waals surface area contributed by atoms with Gasteiger partial charge in [0.15, 0.2) is 6.33 Å². The lowest BCUT2D eigenvalue weighted by Crippen LogP contribution is -2.11. The first-order chi connectivity index (χ1) is 6.79. The average Bonchev–Trinajstić information content (AvgIpc) is 2.70.